The van der Waals surface area contributed by atoms with E-state index in [4.69, 9.17) is 0 Å². The van der Waals surface area contributed by atoms with Crippen LogP contribution in [0.3, 0.4) is 0 Å². The summed E-state index contributed by atoms with van der Waals surface area (Å²) in [7, 11) is 0. The maximum absolute atomic E-state index is 13.2. The molecular formula is C17H20FN. The molecule has 3 aliphatic rings. The van der Waals surface area contributed by atoms with Gasteiger partial charge in [-0.25, -0.2) is 4.39 Å². The van der Waals surface area contributed by atoms with Gasteiger partial charge in [-0.1, -0.05) is 24.3 Å². The van der Waals surface area contributed by atoms with E-state index < -0.39 is 0 Å². The van der Waals surface area contributed by atoms with Gasteiger partial charge in [-0.15, -0.1) is 0 Å². The molecule has 2 fully saturated rings. The van der Waals surface area contributed by atoms with Crippen LogP contribution in [0.2, 0.25) is 0 Å². The third-order valence-electron chi connectivity index (χ3n) is 5.46. The summed E-state index contributed by atoms with van der Waals surface area (Å²) in [6, 6.07) is 7.60. The molecule has 0 aliphatic heterocycles. The first kappa shape index (κ1) is 11.7. The van der Waals surface area contributed by atoms with Crippen LogP contribution >= 0.6 is 0 Å². The molecule has 1 nitrogen and oxygen atoms in total. The lowest BCUT2D eigenvalue weighted by Crippen LogP contribution is -2.39. The highest BCUT2D eigenvalue weighted by molar-refractivity contribution is 5.18. The maximum Gasteiger partial charge on any atom is 0.123 e. The van der Waals surface area contributed by atoms with E-state index in [0.717, 1.165) is 35.8 Å². The molecule has 0 radical (unpaired) electrons. The molecule has 5 atom stereocenters. The fourth-order valence-corrected chi connectivity index (χ4v) is 4.69. The SMILES string of the molecule is Fc1cccc(CN[C@@H]2CC3CC2[C@H]2CC=C[C@@H]32)c1. The lowest BCUT2D eigenvalue weighted by atomic mass is 9.79. The van der Waals surface area contributed by atoms with Gasteiger partial charge < -0.3 is 5.32 Å². The molecule has 0 spiro atoms. The van der Waals surface area contributed by atoms with Crippen molar-refractivity contribution < 1.29 is 4.39 Å². The number of nitrogens with one attached hydrogen (secondary N) is 1. The molecule has 4 rings (SSSR count). The maximum atomic E-state index is 13.2. The smallest absolute Gasteiger partial charge is 0.123 e. The van der Waals surface area contributed by atoms with E-state index >= 15 is 0 Å². The molecule has 2 bridgehead atoms. The van der Waals surface area contributed by atoms with Gasteiger partial charge in [0.15, 0.2) is 0 Å². The van der Waals surface area contributed by atoms with E-state index in [9.17, 15) is 4.39 Å². The minimum absolute atomic E-state index is 0.132. The van der Waals surface area contributed by atoms with Gasteiger partial charge >= 0.3 is 0 Å². The monoisotopic (exact) mass is 257 g/mol. The summed E-state index contributed by atoms with van der Waals surface area (Å²) in [5.41, 5.74) is 1.06. The van der Waals surface area contributed by atoms with Crippen molar-refractivity contribution in [1.82, 2.24) is 5.32 Å². The van der Waals surface area contributed by atoms with Crippen molar-refractivity contribution in [1.29, 1.82) is 0 Å². The van der Waals surface area contributed by atoms with E-state index in [2.05, 4.69) is 17.5 Å². The quantitative estimate of drug-likeness (QED) is 0.817. The molecule has 2 saturated carbocycles. The Labute approximate surface area is 113 Å². The van der Waals surface area contributed by atoms with Gasteiger partial charge in [0.05, 0.1) is 0 Å². The number of allylic oxidation sites excluding steroid dienone is 2. The predicted molar refractivity (Wildman–Crippen MR) is 74.0 cm³/mol. The zero-order valence-corrected chi connectivity index (χ0v) is 11.1. The lowest BCUT2D eigenvalue weighted by molar-refractivity contribution is 0.225. The first-order chi connectivity index (χ1) is 9.31. The van der Waals surface area contributed by atoms with Crippen LogP contribution in [-0.4, -0.2) is 6.04 Å². The van der Waals surface area contributed by atoms with Crippen LogP contribution in [0.15, 0.2) is 36.4 Å². The fraction of sp³-hybridized carbons (Fsp3) is 0.529. The number of hydrogen-bond acceptors (Lipinski definition) is 1. The van der Waals surface area contributed by atoms with Gasteiger partial charge in [0.2, 0.25) is 0 Å². The summed E-state index contributed by atoms with van der Waals surface area (Å²) >= 11 is 0. The Morgan fingerprint density at radius 2 is 2.16 bits per heavy atom. The van der Waals surface area contributed by atoms with Gasteiger partial charge in [-0.2, -0.15) is 0 Å². The number of rotatable bonds is 3. The molecular weight excluding hydrogens is 237 g/mol. The normalized spacial score (nSPS) is 38.9. The van der Waals surface area contributed by atoms with Crippen LogP contribution in [0.4, 0.5) is 4.39 Å². The second kappa shape index (κ2) is 4.45. The molecule has 19 heavy (non-hydrogen) atoms. The van der Waals surface area contributed by atoms with Crippen LogP contribution in [0.5, 0.6) is 0 Å². The Morgan fingerprint density at radius 1 is 1.21 bits per heavy atom. The Hall–Kier alpha value is -1.15. The highest BCUT2D eigenvalue weighted by Gasteiger charge is 2.52. The third-order valence-corrected chi connectivity index (χ3v) is 5.46. The zero-order chi connectivity index (χ0) is 12.8. The molecule has 0 aromatic heterocycles. The van der Waals surface area contributed by atoms with E-state index in [1.165, 1.54) is 25.3 Å². The lowest BCUT2D eigenvalue weighted by Gasteiger charge is -2.32. The van der Waals surface area contributed by atoms with Crippen molar-refractivity contribution in [3.05, 3.63) is 47.8 Å². The third kappa shape index (κ3) is 1.93. The van der Waals surface area contributed by atoms with Gasteiger partial charge in [-0.05, 0) is 60.6 Å². The van der Waals surface area contributed by atoms with E-state index in [1.54, 1.807) is 12.1 Å². The summed E-state index contributed by atoms with van der Waals surface area (Å²) in [5.74, 6) is 3.38. The average Bonchev–Trinajstić information content (AvgIpc) is 3.08. The molecule has 1 aromatic rings. The zero-order valence-electron chi connectivity index (χ0n) is 11.1. The first-order valence-electron chi connectivity index (χ1n) is 7.46. The number of benzene rings is 1. The van der Waals surface area contributed by atoms with Gasteiger partial charge in [0.1, 0.15) is 5.82 Å². The highest BCUT2D eigenvalue weighted by Crippen LogP contribution is 2.56. The minimum Gasteiger partial charge on any atom is -0.310 e. The average molecular weight is 257 g/mol. The van der Waals surface area contributed by atoms with Crippen LogP contribution in [-0.2, 0) is 6.54 Å². The van der Waals surface area contributed by atoms with Gasteiger partial charge in [-0.3, -0.25) is 0 Å². The van der Waals surface area contributed by atoms with Crippen LogP contribution in [0.1, 0.15) is 24.8 Å². The van der Waals surface area contributed by atoms with Crippen molar-refractivity contribution in [2.75, 3.05) is 0 Å². The van der Waals surface area contributed by atoms with Crippen LogP contribution < -0.4 is 5.32 Å². The molecule has 2 heteroatoms. The van der Waals surface area contributed by atoms with E-state index in [0.29, 0.717) is 6.04 Å². The molecule has 1 aromatic carbocycles. The summed E-state index contributed by atoms with van der Waals surface area (Å²) in [4.78, 5) is 0. The Balaban J connectivity index is 1.40. The number of hydrogen-bond donors (Lipinski definition) is 1. The first-order valence-corrected chi connectivity index (χ1v) is 7.46. The number of fused-ring (bicyclic) bond motifs is 5. The van der Waals surface area contributed by atoms with Crippen molar-refractivity contribution in [2.45, 2.75) is 31.8 Å². The van der Waals surface area contributed by atoms with Crippen molar-refractivity contribution in [3.63, 3.8) is 0 Å². The largest absolute Gasteiger partial charge is 0.310 e. The standard InChI is InChI=1S/C17H20FN/c18-13-4-1-3-11(7-13)10-19-17-9-12-8-16(17)15-6-2-5-14(12)15/h1-5,7,12,14-17,19H,6,8-10H2/t12?,14-,15-,16?,17+/m0/s1. The van der Waals surface area contributed by atoms with Crippen LogP contribution in [0, 0.1) is 29.5 Å². The predicted octanol–water partition coefficient (Wildman–Crippen LogP) is 3.52. The van der Waals surface area contributed by atoms with E-state index in [-0.39, 0.29) is 5.82 Å². The molecule has 0 amide bonds. The summed E-state index contributed by atoms with van der Waals surface area (Å²) in [6.07, 6.45) is 8.83. The van der Waals surface area contributed by atoms with Gasteiger partial charge in [0, 0.05) is 12.6 Å². The highest BCUT2D eigenvalue weighted by atomic mass is 19.1. The Morgan fingerprint density at radius 3 is 3.05 bits per heavy atom. The van der Waals surface area contributed by atoms with Gasteiger partial charge in [0.25, 0.3) is 0 Å². The van der Waals surface area contributed by atoms with E-state index in [1.807, 2.05) is 6.07 Å². The second-order valence-electron chi connectivity index (χ2n) is 6.42. The minimum atomic E-state index is -0.132. The molecule has 2 unspecified atom stereocenters. The summed E-state index contributed by atoms with van der Waals surface area (Å²) < 4.78 is 13.2. The molecule has 100 valence electrons. The molecule has 0 saturated heterocycles. The molecule has 0 heterocycles. The topological polar surface area (TPSA) is 12.0 Å². The summed E-state index contributed by atoms with van der Waals surface area (Å²) in [6.45, 7) is 0.802. The summed E-state index contributed by atoms with van der Waals surface area (Å²) in [5, 5.41) is 3.67. The van der Waals surface area contributed by atoms with Crippen molar-refractivity contribution >= 4 is 0 Å². The fourth-order valence-electron chi connectivity index (χ4n) is 4.69. The Bertz CT molecular complexity index is 510. The Kier molecular flexibility index (Phi) is 2.73. The van der Waals surface area contributed by atoms with Crippen molar-refractivity contribution in [3.8, 4) is 0 Å². The number of halogens is 1. The van der Waals surface area contributed by atoms with Crippen LogP contribution in [0.25, 0.3) is 0 Å². The second-order valence-corrected chi connectivity index (χ2v) is 6.42. The van der Waals surface area contributed by atoms with Crippen molar-refractivity contribution in [2.24, 2.45) is 23.7 Å². The molecule has 1 N–H and O–H groups in total. The molecule has 3 aliphatic carbocycles.